The summed E-state index contributed by atoms with van der Waals surface area (Å²) in [5.74, 6) is 1.01. The lowest BCUT2D eigenvalue weighted by Gasteiger charge is -2.36. The van der Waals surface area contributed by atoms with Crippen LogP contribution in [0.4, 0.5) is 11.5 Å². The summed E-state index contributed by atoms with van der Waals surface area (Å²) in [6.07, 6.45) is 1.82. The van der Waals surface area contributed by atoms with E-state index in [-0.39, 0.29) is 5.91 Å². The van der Waals surface area contributed by atoms with Gasteiger partial charge >= 0.3 is 0 Å². The number of aromatic nitrogens is 2. The van der Waals surface area contributed by atoms with Crippen LogP contribution in [-0.2, 0) is 0 Å². The first kappa shape index (κ1) is 19.1. The molecule has 1 aliphatic rings. The highest BCUT2D eigenvalue weighted by Crippen LogP contribution is 2.25. The van der Waals surface area contributed by atoms with Crippen LogP contribution in [0.5, 0.6) is 0 Å². The van der Waals surface area contributed by atoms with Crippen LogP contribution in [0.3, 0.4) is 0 Å². The molecule has 0 saturated carbocycles. The number of amides is 1. The number of hydrogen-bond acceptors (Lipinski definition) is 4. The number of benzene rings is 1. The Morgan fingerprint density at radius 3 is 2.48 bits per heavy atom. The second kappa shape index (κ2) is 8.39. The van der Waals surface area contributed by atoms with Crippen LogP contribution in [-0.4, -0.2) is 53.0 Å². The largest absolute Gasteiger partial charge is 0.380 e. The lowest BCUT2D eigenvalue weighted by molar-refractivity contribution is 0.0741. The molecule has 0 spiro atoms. The molecule has 0 radical (unpaired) electrons. The molecule has 0 aliphatic carbocycles. The van der Waals surface area contributed by atoms with Gasteiger partial charge in [0.2, 0.25) is 0 Å². The van der Waals surface area contributed by atoms with Crippen molar-refractivity contribution in [2.75, 3.05) is 36.4 Å². The minimum absolute atomic E-state index is 0.0494. The van der Waals surface area contributed by atoms with Gasteiger partial charge in [-0.3, -0.25) is 4.79 Å². The van der Waals surface area contributed by atoms with E-state index in [1.54, 1.807) is 0 Å². The van der Waals surface area contributed by atoms with Crippen molar-refractivity contribution in [1.82, 2.24) is 14.9 Å². The van der Waals surface area contributed by atoms with Gasteiger partial charge in [-0.1, -0.05) is 30.3 Å². The molecule has 1 saturated heterocycles. The van der Waals surface area contributed by atoms with Crippen molar-refractivity contribution in [2.45, 2.75) is 19.9 Å². The van der Waals surface area contributed by atoms with E-state index in [2.05, 4.69) is 40.1 Å². The monoisotopic (exact) mass is 389 g/mol. The van der Waals surface area contributed by atoms with Crippen LogP contribution in [0.2, 0.25) is 0 Å². The Balaban J connectivity index is 1.41. The van der Waals surface area contributed by atoms with Crippen LogP contribution in [0, 0.1) is 0 Å². The molecule has 29 heavy (non-hydrogen) atoms. The van der Waals surface area contributed by atoms with Gasteiger partial charge in [-0.25, -0.2) is 4.98 Å². The van der Waals surface area contributed by atoms with Gasteiger partial charge in [0.05, 0.1) is 5.69 Å². The molecule has 3 aromatic rings. The fraction of sp³-hybridized carbons (Fsp3) is 0.304. The lowest BCUT2D eigenvalue weighted by atomic mass is 10.2. The van der Waals surface area contributed by atoms with Crippen molar-refractivity contribution < 1.29 is 4.79 Å². The van der Waals surface area contributed by atoms with Gasteiger partial charge < -0.3 is 20.1 Å². The fourth-order valence-corrected chi connectivity index (χ4v) is 3.67. The molecule has 0 bridgehead atoms. The Kier molecular flexibility index (Phi) is 5.51. The first-order valence-electron chi connectivity index (χ1n) is 10.1. The maximum absolute atomic E-state index is 12.9. The number of hydrogen-bond donors (Lipinski definition) is 2. The van der Waals surface area contributed by atoms with Gasteiger partial charge in [0.15, 0.2) is 5.82 Å². The third-order valence-electron chi connectivity index (χ3n) is 5.10. The first-order chi connectivity index (χ1) is 14.1. The van der Waals surface area contributed by atoms with E-state index < -0.39 is 0 Å². The van der Waals surface area contributed by atoms with E-state index in [0.717, 1.165) is 35.9 Å². The number of rotatable bonds is 5. The molecule has 4 rings (SSSR count). The Bertz CT molecular complexity index is 958. The van der Waals surface area contributed by atoms with Gasteiger partial charge in [0.1, 0.15) is 5.69 Å². The molecule has 6 nitrogen and oxygen atoms in total. The van der Waals surface area contributed by atoms with E-state index in [1.165, 1.54) is 0 Å². The molecule has 0 unspecified atom stereocenters. The molecule has 1 aromatic carbocycles. The Morgan fingerprint density at radius 1 is 1.00 bits per heavy atom. The molecule has 1 amide bonds. The SMILES string of the molecule is CC(C)Nc1cccnc1N1CCN(C(=O)c2ccc(-c3ccccc3)[nH]2)CC1. The normalized spacial score (nSPS) is 14.3. The summed E-state index contributed by atoms with van der Waals surface area (Å²) in [5, 5.41) is 3.46. The maximum Gasteiger partial charge on any atom is 0.270 e. The van der Waals surface area contributed by atoms with Gasteiger partial charge in [0.25, 0.3) is 5.91 Å². The smallest absolute Gasteiger partial charge is 0.270 e. The van der Waals surface area contributed by atoms with E-state index in [9.17, 15) is 4.79 Å². The van der Waals surface area contributed by atoms with Crippen molar-refractivity contribution in [3.05, 3.63) is 66.5 Å². The fourth-order valence-electron chi connectivity index (χ4n) is 3.67. The minimum Gasteiger partial charge on any atom is -0.380 e. The second-order valence-corrected chi connectivity index (χ2v) is 7.60. The number of carbonyl (C=O) groups is 1. The van der Waals surface area contributed by atoms with Gasteiger partial charge in [-0.05, 0) is 43.7 Å². The number of aromatic amines is 1. The zero-order valence-corrected chi connectivity index (χ0v) is 16.9. The van der Waals surface area contributed by atoms with E-state index in [4.69, 9.17) is 0 Å². The molecule has 1 fully saturated rings. The average Bonchev–Trinajstić information content (AvgIpc) is 3.24. The van der Waals surface area contributed by atoms with Crippen molar-refractivity contribution in [3.8, 4) is 11.3 Å². The number of piperazine rings is 1. The summed E-state index contributed by atoms with van der Waals surface area (Å²) in [6.45, 7) is 7.12. The van der Waals surface area contributed by atoms with Crippen LogP contribution in [0.15, 0.2) is 60.8 Å². The summed E-state index contributed by atoms with van der Waals surface area (Å²) in [7, 11) is 0. The van der Waals surface area contributed by atoms with Crippen LogP contribution >= 0.6 is 0 Å². The predicted molar refractivity (Wildman–Crippen MR) is 117 cm³/mol. The zero-order valence-electron chi connectivity index (χ0n) is 16.9. The van der Waals surface area contributed by atoms with Crippen molar-refractivity contribution in [2.24, 2.45) is 0 Å². The number of carbonyl (C=O) groups excluding carboxylic acids is 1. The van der Waals surface area contributed by atoms with Crippen LogP contribution < -0.4 is 10.2 Å². The molecule has 3 heterocycles. The standard InChI is InChI=1S/C23H27N5O/c1-17(2)25-20-9-6-12-24-22(20)27-13-15-28(16-14-27)23(29)21-11-10-19(26-21)18-7-4-3-5-8-18/h3-12,17,25-26H,13-16H2,1-2H3. The summed E-state index contributed by atoms with van der Waals surface area (Å²) < 4.78 is 0. The van der Waals surface area contributed by atoms with E-state index in [0.29, 0.717) is 24.8 Å². The third kappa shape index (κ3) is 4.26. The van der Waals surface area contributed by atoms with Gasteiger partial charge in [-0.2, -0.15) is 0 Å². The molecule has 0 atom stereocenters. The van der Waals surface area contributed by atoms with E-state index >= 15 is 0 Å². The van der Waals surface area contributed by atoms with E-state index in [1.807, 2.05) is 59.6 Å². The number of nitrogens with zero attached hydrogens (tertiary/aromatic N) is 3. The quantitative estimate of drug-likeness (QED) is 0.696. The molecular formula is C23H27N5O. The lowest BCUT2D eigenvalue weighted by Crippen LogP contribution is -2.49. The highest BCUT2D eigenvalue weighted by atomic mass is 16.2. The highest BCUT2D eigenvalue weighted by Gasteiger charge is 2.25. The summed E-state index contributed by atoms with van der Waals surface area (Å²) in [4.78, 5) is 25.0. The number of H-pyrrole nitrogens is 1. The number of anilines is 2. The molecule has 150 valence electrons. The molecule has 6 heteroatoms. The topological polar surface area (TPSA) is 64.3 Å². The molecular weight excluding hydrogens is 362 g/mol. The third-order valence-corrected chi connectivity index (χ3v) is 5.10. The summed E-state index contributed by atoms with van der Waals surface area (Å²) >= 11 is 0. The zero-order chi connectivity index (χ0) is 20.2. The molecule has 2 N–H and O–H groups in total. The van der Waals surface area contributed by atoms with Crippen molar-refractivity contribution >= 4 is 17.4 Å². The Labute approximate surface area is 171 Å². The molecule has 2 aromatic heterocycles. The van der Waals surface area contributed by atoms with Crippen LogP contribution in [0.25, 0.3) is 11.3 Å². The first-order valence-corrected chi connectivity index (χ1v) is 10.1. The average molecular weight is 390 g/mol. The number of nitrogens with one attached hydrogen (secondary N) is 2. The molecule has 1 aliphatic heterocycles. The van der Waals surface area contributed by atoms with Crippen molar-refractivity contribution in [3.63, 3.8) is 0 Å². The highest BCUT2D eigenvalue weighted by molar-refractivity contribution is 5.93. The Hall–Kier alpha value is -3.28. The minimum atomic E-state index is 0.0494. The summed E-state index contributed by atoms with van der Waals surface area (Å²) in [6, 6.07) is 18.2. The second-order valence-electron chi connectivity index (χ2n) is 7.60. The van der Waals surface area contributed by atoms with Crippen molar-refractivity contribution in [1.29, 1.82) is 0 Å². The number of pyridine rings is 1. The van der Waals surface area contributed by atoms with Gasteiger partial charge in [0, 0.05) is 44.1 Å². The Morgan fingerprint density at radius 2 is 1.76 bits per heavy atom. The van der Waals surface area contributed by atoms with Gasteiger partial charge in [-0.15, -0.1) is 0 Å². The predicted octanol–water partition coefficient (Wildman–Crippen LogP) is 3.86. The maximum atomic E-state index is 12.9. The summed E-state index contributed by atoms with van der Waals surface area (Å²) in [5.41, 5.74) is 3.72. The van der Waals surface area contributed by atoms with Crippen LogP contribution in [0.1, 0.15) is 24.3 Å².